The zero-order chi connectivity index (χ0) is 12.8. The largest absolute Gasteiger partial charge is 0.478 e. The fourth-order valence-electron chi connectivity index (χ4n) is 2.14. The number of carbonyl (C=O) groups is 1. The second-order valence-corrected chi connectivity index (χ2v) is 8.14. The summed E-state index contributed by atoms with van der Waals surface area (Å²) in [6.45, 7) is 5.12. The highest BCUT2D eigenvalue weighted by atomic mass is 28.3. The normalized spacial score (nSPS) is 26.2. The van der Waals surface area contributed by atoms with Crippen molar-refractivity contribution in [2.45, 2.75) is 38.1 Å². The second-order valence-electron chi connectivity index (χ2n) is 4.91. The van der Waals surface area contributed by atoms with Crippen LogP contribution in [0.5, 0.6) is 0 Å². The molecule has 0 saturated carbocycles. The van der Waals surface area contributed by atoms with Gasteiger partial charge in [-0.05, 0) is 18.8 Å². The molecule has 1 aliphatic rings. The molecule has 2 N–H and O–H groups in total. The molecule has 1 saturated heterocycles. The van der Waals surface area contributed by atoms with Gasteiger partial charge in [0, 0.05) is 30.9 Å². The van der Waals surface area contributed by atoms with E-state index >= 15 is 0 Å². The number of aliphatic hydroxyl groups excluding tert-OH is 1. The van der Waals surface area contributed by atoms with Crippen LogP contribution in [0, 0.1) is 5.92 Å². The SMILES string of the molecule is C[SiH](C)C1CC(C=C(CCO)C(=O)O)CCO1. The van der Waals surface area contributed by atoms with Gasteiger partial charge in [0.05, 0.1) is 8.80 Å². The molecule has 0 spiro atoms. The molecular formula is C12H22O4Si. The Balaban J connectivity index is 2.64. The molecule has 2 atom stereocenters. The topological polar surface area (TPSA) is 66.8 Å². The van der Waals surface area contributed by atoms with E-state index in [9.17, 15) is 4.79 Å². The molecule has 0 aromatic heterocycles. The Morgan fingerprint density at radius 1 is 1.53 bits per heavy atom. The van der Waals surface area contributed by atoms with Gasteiger partial charge in [-0.2, -0.15) is 0 Å². The maximum atomic E-state index is 11.0. The first-order valence-corrected chi connectivity index (χ1v) is 9.18. The second kappa shape index (κ2) is 6.93. The molecular weight excluding hydrogens is 236 g/mol. The summed E-state index contributed by atoms with van der Waals surface area (Å²) in [5, 5.41) is 17.8. The highest BCUT2D eigenvalue weighted by Crippen LogP contribution is 2.24. The fraction of sp³-hybridized carbons (Fsp3) is 0.750. The lowest BCUT2D eigenvalue weighted by Gasteiger charge is -2.30. The number of carboxylic acids is 1. The molecule has 17 heavy (non-hydrogen) atoms. The maximum absolute atomic E-state index is 11.0. The van der Waals surface area contributed by atoms with Crippen molar-refractivity contribution >= 4 is 14.8 Å². The monoisotopic (exact) mass is 258 g/mol. The quantitative estimate of drug-likeness (QED) is 0.574. The summed E-state index contributed by atoms with van der Waals surface area (Å²) >= 11 is 0. The van der Waals surface area contributed by atoms with Crippen LogP contribution >= 0.6 is 0 Å². The maximum Gasteiger partial charge on any atom is 0.331 e. The number of rotatable bonds is 5. The minimum atomic E-state index is -0.913. The molecule has 0 bridgehead atoms. The van der Waals surface area contributed by atoms with Crippen LogP contribution in [0.3, 0.4) is 0 Å². The highest BCUT2D eigenvalue weighted by molar-refractivity contribution is 6.57. The van der Waals surface area contributed by atoms with E-state index in [1.54, 1.807) is 0 Å². The first kappa shape index (κ1) is 14.4. The molecule has 1 fully saturated rings. The number of carboxylic acid groups (broad SMARTS) is 1. The van der Waals surface area contributed by atoms with Crippen LogP contribution in [0.1, 0.15) is 19.3 Å². The molecule has 1 aliphatic heterocycles. The van der Waals surface area contributed by atoms with Crippen LogP contribution in [0.15, 0.2) is 11.6 Å². The van der Waals surface area contributed by atoms with Gasteiger partial charge in [0.2, 0.25) is 0 Å². The van der Waals surface area contributed by atoms with E-state index in [1.807, 2.05) is 6.08 Å². The highest BCUT2D eigenvalue weighted by Gasteiger charge is 2.25. The van der Waals surface area contributed by atoms with Crippen LogP contribution in [-0.2, 0) is 9.53 Å². The van der Waals surface area contributed by atoms with Gasteiger partial charge in [-0.15, -0.1) is 0 Å². The summed E-state index contributed by atoms with van der Waals surface area (Å²) in [4.78, 5) is 11.0. The Hall–Kier alpha value is -0.653. The Bertz CT molecular complexity index is 288. The van der Waals surface area contributed by atoms with Crippen molar-refractivity contribution in [2.75, 3.05) is 13.2 Å². The zero-order valence-corrected chi connectivity index (χ0v) is 11.7. The van der Waals surface area contributed by atoms with E-state index in [0.717, 1.165) is 19.4 Å². The number of allylic oxidation sites excluding steroid dienone is 1. The predicted octanol–water partition coefficient (Wildman–Crippen LogP) is 1.20. The molecule has 1 rings (SSSR count). The molecule has 0 radical (unpaired) electrons. The Morgan fingerprint density at radius 3 is 2.76 bits per heavy atom. The van der Waals surface area contributed by atoms with Gasteiger partial charge in [0.1, 0.15) is 0 Å². The van der Waals surface area contributed by atoms with Gasteiger partial charge in [0.15, 0.2) is 0 Å². The number of ether oxygens (including phenoxy) is 1. The Morgan fingerprint density at radius 2 is 2.24 bits per heavy atom. The first-order valence-electron chi connectivity index (χ1n) is 6.21. The summed E-state index contributed by atoms with van der Waals surface area (Å²) in [6, 6.07) is 0. The minimum absolute atomic E-state index is 0.107. The van der Waals surface area contributed by atoms with Crippen molar-refractivity contribution in [1.82, 2.24) is 0 Å². The van der Waals surface area contributed by atoms with E-state index in [2.05, 4.69) is 13.1 Å². The van der Waals surface area contributed by atoms with E-state index in [4.69, 9.17) is 14.9 Å². The molecule has 0 aromatic carbocycles. The third-order valence-electron chi connectivity index (χ3n) is 3.19. The van der Waals surface area contributed by atoms with Crippen molar-refractivity contribution in [3.8, 4) is 0 Å². The molecule has 2 unspecified atom stereocenters. The van der Waals surface area contributed by atoms with Gasteiger partial charge in [-0.1, -0.05) is 19.2 Å². The van der Waals surface area contributed by atoms with E-state index < -0.39 is 14.8 Å². The third kappa shape index (κ3) is 4.61. The Kier molecular flexibility index (Phi) is 5.88. The smallest absolute Gasteiger partial charge is 0.331 e. The van der Waals surface area contributed by atoms with Gasteiger partial charge in [0.25, 0.3) is 0 Å². The number of hydrogen-bond acceptors (Lipinski definition) is 3. The van der Waals surface area contributed by atoms with Crippen LogP contribution in [-0.4, -0.2) is 43.9 Å². The van der Waals surface area contributed by atoms with Gasteiger partial charge in [-0.25, -0.2) is 4.79 Å². The summed E-state index contributed by atoms with van der Waals surface area (Å²) in [6.07, 6.45) is 3.88. The predicted molar refractivity (Wildman–Crippen MR) is 68.8 cm³/mol. The molecule has 0 aromatic rings. The number of hydrogen-bond donors (Lipinski definition) is 2. The zero-order valence-electron chi connectivity index (χ0n) is 10.6. The van der Waals surface area contributed by atoms with Crippen molar-refractivity contribution < 1.29 is 19.7 Å². The van der Waals surface area contributed by atoms with Crippen LogP contribution in [0.4, 0.5) is 0 Å². The molecule has 1 heterocycles. The van der Waals surface area contributed by atoms with Crippen LogP contribution < -0.4 is 0 Å². The molecule has 5 heteroatoms. The van der Waals surface area contributed by atoms with Crippen LogP contribution in [0.25, 0.3) is 0 Å². The molecule has 98 valence electrons. The van der Waals surface area contributed by atoms with E-state index in [-0.39, 0.29) is 13.0 Å². The lowest BCUT2D eigenvalue weighted by Crippen LogP contribution is -2.34. The molecule has 4 nitrogen and oxygen atoms in total. The average Bonchev–Trinajstić information content (AvgIpc) is 2.28. The van der Waals surface area contributed by atoms with Crippen molar-refractivity contribution in [1.29, 1.82) is 0 Å². The van der Waals surface area contributed by atoms with Crippen LogP contribution in [0.2, 0.25) is 13.1 Å². The first-order chi connectivity index (χ1) is 8.04. The van der Waals surface area contributed by atoms with Crippen molar-refractivity contribution in [2.24, 2.45) is 5.92 Å². The van der Waals surface area contributed by atoms with Gasteiger partial charge in [-0.3, -0.25) is 0 Å². The standard InChI is InChI=1S/C12H22O4Si/c1-17(2)11-8-9(4-6-16-11)7-10(3-5-13)12(14)15/h7,9,11,13,17H,3-6,8H2,1-2H3,(H,14,15). The minimum Gasteiger partial charge on any atom is -0.478 e. The third-order valence-corrected chi connectivity index (χ3v) is 5.14. The van der Waals surface area contributed by atoms with Crippen molar-refractivity contribution in [3.05, 3.63) is 11.6 Å². The number of aliphatic hydroxyl groups is 1. The number of aliphatic carboxylic acids is 1. The van der Waals surface area contributed by atoms with Gasteiger partial charge >= 0.3 is 5.97 Å². The molecule has 0 amide bonds. The van der Waals surface area contributed by atoms with Crippen molar-refractivity contribution in [3.63, 3.8) is 0 Å². The average molecular weight is 258 g/mol. The fourth-order valence-corrected chi connectivity index (χ4v) is 3.55. The van der Waals surface area contributed by atoms with Gasteiger partial charge < -0.3 is 14.9 Å². The Labute approximate surface area is 104 Å². The lowest BCUT2D eigenvalue weighted by molar-refractivity contribution is -0.133. The summed E-state index contributed by atoms with van der Waals surface area (Å²) in [5.41, 5.74) is 0.692. The summed E-state index contributed by atoms with van der Waals surface area (Å²) < 4.78 is 5.71. The van der Waals surface area contributed by atoms with E-state index in [0.29, 0.717) is 17.2 Å². The molecule has 0 aliphatic carbocycles. The summed E-state index contributed by atoms with van der Waals surface area (Å²) in [7, 11) is -0.825. The van der Waals surface area contributed by atoms with E-state index in [1.165, 1.54) is 0 Å². The lowest BCUT2D eigenvalue weighted by atomic mass is 9.96. The summed E-state index contributed by atoms with van der Waals surface area (Å²) in [5.74, 6) is -0.620.